The summed E-state index contributed by atoms with van der Waals surface area (Å²) >= 11 is 7.03. The monoisotopic (exact) mass is 326 g/mol. The number of allylic oxidation sites excluding steroid dienone is 3. The molecule has 0 aromatic heterocycles. The van der Waals surface area contributed by atoms with E-state index < -0.39 is 5.60 Å². The van der Waals surface area contributed by atoms with Gasteiger partial charge >= 0.3 is 0 Å². The number of carbonyl (C=O) groups excluding carboxylic acids is 1. The van der Waals surface area contributed by atoms with Gasteiger partial charge < -0.3 is 4.74 Å². The van der Waals surface area contributed by atoms with E-state index in [4.69, 9.17) is 10.1 Å². The molecule has 94 valence electrons. The van der Waals surface area contributed by atoms with Crippen molar-refractivity contribution in [2.45, 2.75) is 19.4 Å². The fourth-order valence-electron chi connectivity index (χ4n) is 1.66. The zero-order chi connectivity index (χ0) is 13.5. The van der Waals surface area contributed by atoms with Crippen LogP contribution >= 0.6 is 28.7 Å². The molecule has 0 spiro atoms. The molecule has 6 heteroatoms. The lowest BCUT2D eigenvalue weighted by Gasteiger charge is -2.18. The lowest BCUT2D eigenvalue weighted by Crippen LogP contribution is -2.28. The molecule has 18 heavy (non-hydrogen) atoms. The van der Waals surface area contributed by atoms with E-state index in [2.05, 4.69) is 33.1 Å². The van der Waals surface area contributed by atoms with Crippen LogP contribution in [0.1, 0.15) is 13.8 Å². The Kier molecular flexibility index (Phi) is 3.33. The zero-order valence-electron chi connectivity index (χ0n) is 9.82. The number of Topliss-reactive ketones (excluding diaryl/α,β-unsaturated/α-hetero) is 1. The van der Waals surface area contributed by atoms with Crippen LogP contribution in [-0.2, 0) is 9.53 Å². The van der Waals surface area contributed by atoms with Crippen molar-refractivity contribution in [3.8, 4) is 0 Å². The van der Waals surface area contributed by atoms with Crippen LogP contribution in [0.5, 0.6) is 0 Å². The summed E-state index contributed by atoms with van der Waals surface area (Å²) in [4.78, 5) is 11.9. The molecule has 4 nitrogen and oxygen atoms in total. The van der Waals surface area contributed by atoms with Gasteiger partial charge in [0.25, 0.3) is 0 Å². The van der Waals surface area contributed by atoms with E-state index in [0.717, 1.165) is 0 Å². The third-order valence-electron chi connectivity index (χ3n) is 2.67. The van der Waals surface area contributed by atoms with E-state index in [-0.39, 0.29) is 11.5 Å². The number of carbonyl (C=O) groups is 1. The van der Waals surface area contributed by atoms with E-state index in [0.29, 0.717) is 21.5 Å². The second-order valence-electron chi connectivity index (χ2n) is 4.42. The van der Waals surface area contributed by atoms with Crippen molar-refractivity contribution >= 4 is 46.0 Å². The van der Waals surface area contributed by atoms with Gasteiger partial charge in [0, 0.05) is 5.57 Å². The number of rotatable bonds is 1. The minimum absolute atomic E-state index is 0.105. The lowest BCUT2D eigenvalue weighted by molar-refractivity contribution is -0.126. The maximum Gasteiger partial charge on any atom is 0.216 e. The van der Waals surface area contributed by atoms with Crippen molar-refractivity contribution in [2.24, 2.45) is 4.40 Å². The van der Waals surface area contributed by atoms with Crippen molar-refractivity contribution in [2.75, 3.05) is 0 Å². The summed E-state index contributed by atoms with van der Waals surface area (Å²) in [6.45, 7) is 3.42. The third kappa shape index (κ3) is 2.10. The highest BCUT2D eigenvalue weighted by molar-refractivity contribution is 9.12. The maximum atomic E-state index is 11.9. The largest absolute Gasteiger partial charge is 0.478 e. The Bertz CT molecular complexity index is 571. The molecule has 0 saturated heterocycles. The SMILES string of the molecule is CC1(C)OC(C2=CC(=N)/C(=N\S)C=C2)=C(Br)C1=O. The molecule has 1 aliphatic heterocycles. The Morgan fingerprint density at radius 1 is 1.44 bits per heavy atom. The fraction of sp³-hybridized carbons (Fsp3) is 0.250. The van der Waals surface area contributed by atoms with Crippen molar-refractivity contribution in [3.63, 3.8) is 0 Å². The highest BCUT2D eigenvalue weighted by Crippen LogP contribution is 2.38. The first-order valence-electron chi connectivity index (χ1n) is 5.21. The molecule has 0 atom stereocenters. The van der Waals surface area contributed by atoms with E-state index in [1.165, 1.54) is 0 Å². The summed E-state index contributed by atoms with van der Waals surface area (Å²) in [6.07, 6.45) is 5.01. The average Bonchev–Trinajstić information content (AvgIpc) is 2.53. The number of halogens is 1. The highest BCUT2D eigenvalue weighted by atomic mass is 79.9. The normalized spacial score (nSPS) is 24.7. The van der Waals surface area contributed by atoms with Gasteiger partial charge in [-0.05, 0) is 60.8 Å². The second-order valence-corrected chi connectivity index (χ2v) is 5.41. The van der Waals surface area contributed by atoms with Crippen LogP contribution in [-0.4, -0.2) is 22.8 Å². The predicted molar refractivity (Wildman–Crippen MR) is 77.5 cm³/mol. The Balaban J connectivity index is 2.39. The summed E-state index contributed by atoms with van der Waals surface area (Å²) in [7, 11) is 0. The smallest absolute Gasteiger partial charge is 0.216 e. The highest BCUT2D eigenvalue weighted by Gasteiger charge is 2.41. The molecule has 0 amide bonds. The van der Waals surface area contributed by atoms with E-state index in [1.807, 2.05) is 0 Å². The molecule has 1 N–H and O–H groups in total. The maximum absolute atomic E-state index is 11.9. The molecule has 0 aromatic rings. The molecule has 0 bridgehead atoms. The fourth-order valence-corrected chi connectivity index (χ4v) is 2.63. The second kappa shape index (κ2) is 4.51. The first-order valence-corrected chi connectivity index (χ1v) is 6.41. The zero-order valence-corrected chi connectivity index (χ0v) is 12.3. The minimum atomic E-state index is -0.872. The van der Waals surface area contributed by atoms with Crippen LogP contribution < -0.4 is 0 Å². The van der Waals surface area contributed by atoms with Crippen LogP contribution in [0.4, 0.5) is 0 Å². The van der Waals surface area contributed by atoms with Crippen molar-refractivity contribution in [1.29, 1.82) is 5.41 Å². The Morgan fingerprint density at radius 2 is 2.11 bits per heavy atom. The molecule has 1 aliphatic carbocycles. The number of thiol groups is 1. The molecule has 1 heterocycles. The van der Waals surface area contributed by atoms with E-state index >= 15 is 0 Å². The number of ether oxygens (including phenoxy) is 1. The third-order valence-corrected chi connectivity index (χ3v) is 3.60. The number of hydrogen-bond acceptors (Lipinski definition) is 5. The molecule has 0 aromatic carbocycles. The Labute approximate surface area is 119 Å². The first kappa shape index (κ1) is 13.3. The predicted octanol–water partition coefficient (Wildman–Crippen LogP) is 2.77. The van der Waals surface area contributed by atoms with Crippen LogP contribution in [0.15, 0.2) is 38.4 Å². The summed E-state index contributed by atoms with van der Waals surface area (Å²) in [5.41, 5.74) is 0.508. The Morgan fingerprint density at radius 3 is 2.56 bits per heavy atom. The van der Waals surface area contributed by atoms with Crippen molar-refractivity contribution in [3.05, 3.63) is 34.0 Å². The van der Waals surface area contributed by atoms with Crippen LogP contribution in [0.2, 0.25) is 0 Å². The minimum Gasteiger partial charge on any atom is -0.478 e. The summed E-state index contributed by atoms with van der Waals surface area (Å²) in [5, 5.41) is 7.77. The number of hydrogen-bond donors (Lipinski definition) is 2. The van der Waals surface area contributed by atoms with Crippen LogP contribution in [0.3, 0.4) is 0 Å². The van der Waals surface area contributed by atoms with Gasteiger partial charge in [-0.2, -0.15) is 0 Å². The van der Waals surface area contributed by atoms with Crippen molar-refractivity contribution < 1.29 is 9.53 Å². The average molecular weight is 327 g/mol. The molecular formula is C12H11BrN2O2S. The summed E-state index contributed by atoms with van der Waals surface area (Å²) < 4.78 is 9.71. The van der Waals surface area contributed by atoms with Crippen LogP contribution in [0, 0.1) is 5.41 Å². The van der Waals surface area contributed by atoms with Gasteiger partial charge in [-0.3, -0.25) is 10.2 Å². The van der Waals surface area contributed by atoms with Gasteiger partial charge in [-0.25, -0.2) is 4.40 Å². The van der Waals surface area contributed by atoms with Gasteiger partial charge in [0.15, 0.2) is 5.60 Å². The summed E-state index contributed by atoms with van der Waals surface area (Å²) in [6, 6.07) is 0. The number of ketones is 1. The number of nitrogens with one attached hydrogen (secondary N) is 1. The van der Waals surface area contributed by atoms with Crippen molar-refractivity contribution in [1.82, 2.24) is 0 Å². The molecule has 0 radical (unpaired) electrons. The molecule has 0 saturated carbocycles. The standard InChI is InChI=1S/C12H11BrN2O2S/c1-12(2)11(16)9(13)10(17-12)6-3-4-8(15-18)7(14)5-6/h3-5,14,18H,1-2H3/b14-7?,15-8-. The van der Waals surface area contributed by atoms with Crippen LogP contribution in [0.25, 0.3) is 0 Å². The first-order chi connectivity index (χ1) is 8.36. The molecule has 0 fully saturated rings. The molecule has 2 aliphatic rings. The Hall–Kier alpha value is -1.14. The molecular weight excluding hydrogens is 316 g/mol. The summed E-state index contributed by atoms with van der Waals surface area (Å²) in [5.74, 6) is 0.358. The van der Waals surface area contributed by atoms with Gasteiger partial charge in [-0.15, -0.1) is 0 Å². The van der Waals surface area contributed by atoms with E-state index in [9.17, 15) is 4.79 Å². The van der Waals surface area contributed by atoms with Gasteiger partial charge in [0.2, 0.25) is 5.78 Å². The number of nitrogens with zero attached hydrogens (tertiary/aromatic N) is 1. The molecule has 2 rings (SSSR count). The van der Waals surface area contributed by atoms with Gasteiger partial charge in [-0.1, -0.05) is 0 Å². The lowest BCUT2D eigenvalue weighted by atomic mass is 10.0. The molecule has 0 unspecified atom stereocenters. The topological polar surface area (TPSA) is 62.5 Å². The van der Waals surface area contributed by atoms with Gasteiger partial charge in [0.1, 0.15) is 10.2 Å². The van der Waals surface area contributed by atoms with E-state index in [1.54, 1.807) is 32.1 Å². The quantitative estimate of drug-likeness (QED) is 0.575. The van der Waals surface area contributed by atoms with Gasteiger partial charge in [0.05, 0.1) is 11.4 Å².